The van der Waals surface area contributed by atoms with Gasteiger partial charge < -0.3 is 10.6 Å². The van der Waals surface area contributed by atoms with Gasteiger partial charge in [0, 0.05) is 6.54 Å². The number of hydrogen-bond acceptors (Lipinski definition) is 2. The zero-order valence-corrected chi connectivity index (χ0v) is 9.93. The zero-order chi connectivity index (χ0) is 11.8. The first kappa shape index (κ1) is 10.8. The number of benzene rings is 1. The molecule has 2 N–H and O–H groups in total. The topological polar surface area (TPSA) is 46.3 Å². The highest BCUT2D eigenvalue weighted by molar-refractivity contribution is 5.84. The monoisotopic (exact) mass is 230 g/mol. The minimum absolute atomic E-state index is 0.131. The van der Waals surface area contributed by atoms with Crippen LogP contribution in [0, 0.1) is 0 Å². The van der Waals surface area contributed by atoms with E-state index in [0.717, 1.165) is 25.8 Å². The molecule has 1 fully saturated rings. The first-order valence-electron chi connectivity index (χ1n) is 6.41. The van der Waals surface area contributed by atoms with Crippen molar-refractivity contribution >= 4 is 5.91 Å². The summed E-state index contributed by atoms with van der Waals surface area (Å²) in [5, 5.41) is 0. The maximum absolute atomic E-state index is 12.0. The van der Waals surface area contributed by atoms with Crippen molar-refractivity contribution in [3.63, 3.8) is 0 Å². The van der Waals surface area contributed by atoms with Crippen molar-refractivity contribution in [2.45, 2.75) is 37.8 Å². The molecule has 2 atom stereocenters. The molecule has 1 saturated heterocycles. The molecular weight excluding hydrogens is 212 g/mol. The summed E-state index contributed by atoms with van der Waals surface area (Å²) in [6.07, 6.45) is 4.19. The molecule has 3 rings (SSSR count). The Morgan fingerprint density at radius 2 is 2.06 bits per heavy atom. The van der Waals surface area contributed by atoms with Crippen LogP contribution in [-0.2, 0) is 11.2 Å². The SMILES string of the molecule is NC1CCN(C2CCCc3ccccc32)C1=O. The summed E-state index contributed by atoms with van der Waals surface area (Å²) in [6.45, 7) is 0.818. The summed E-state index contributed by atoms with van der Waals surface area (Å²) < 4.78 is 0. The van der Waals surface area contributed by atoms with E-state index in [0.29, 0.717) is 0 Å². The number of amides is 1. The Labute approximate surface area is 102 Å². The number of carbonyl (C=O) groups is 1. The Morgan fingerprint density at radius 3 is 2.82 bits per heavy atom. The first-order valence-corrected chi connectivity index (χ1v) is 6.41. The predicted molar refractivity (Wildman–Crippen MR) is 66.4 cm³/mol. The predicted octanol–water partition coefficient (Wildman–Crippen LogP) is 1.62. The van der Waals surface area contributed by atoms with Gasteiger partial charge >= 0.3 is 0 Å². The van der Waals surface area contributed by atoms with E-state index in [1.54, 1.807) is 0 Å². The van der Waals surface area contributed by atoms with Gasteiger partial charge in [-0.1, -0.05) is 24.3 Å². The Bertz CT molecular complexity index is 444. The molecule has 3 nitrogen and oxygen atoms in total. The summed E-state index contributed by atoms with van der Waals surface area (Å²) in [7, 11) is 0. The van der Waals surface area contributed by atoms with E-state index in [-0.39, 0.29) is 18.0 Å². The van der Waals surface area contributed by atoms with Gasteiger partial charge in [-0.25, -0.2) is 0 Å². The summed E-state index contributed by atoms with van der Waals surface area (Å²) in [4.78, 5) is 14.0. The summed E-state index contributed by atoms with van der Waals surface area (Å²) in [5.41, 5.74) is 8.54. The second kappa shape index (κ2) is 4.15. The lowest BCUT2D eigenvalue weighted by atomic mass is 9.87. The third-order valence-corrected chi connectivity index (χ3v) is 4.00. The van der Waals surface area contributed by atoms with Crippen LogP contribution in [0.2, 0.25) is 0 Å². The smallest absolute Gasteiger partial charge is 0.240 e. The lowest BCUT2D eigenvalue weighted by Crippen LogP contribution is -2.37. The molecule has 0 aromatic heterocycles. The maximum Gasteiger partial charge on any atom is 0.240 e. The van der Waals surface area contributed by atoms with Crippen molar-refractivity contribution in [1.29, 1.82) is 0 Å². The maximum atomic E-state index is 12.0. The van der Waals surface area contributed by atoms with Crippen LogP contribution in [0.3, 0.4) is 0 Å². The van der Waals surface area contributed by atoms with Crippen LogP contribution in [0.1, 0.15) is 36.4 Å². The van der Waals surface area contributed by atoms with Crippen LogP contribution in [0.15, 0.2) is 24.3 Å². The second-order valence-corrected chi connectivity index (χ2v) is 5.03. The van der Waals surface area contributed by atoms with E-state index in [9.17, 15) is 4.79 Å². The van der Waals surface area contributed by atoms with Gasteiger partial charge in [-0.15, -0.1) is 0 Å². The Kier molecular flexibility index (Phi) is 2.63. The van der Waals surface area contributed by atoms with E-state index >= 15 is 0 Å². The lowest BCUT2D eigenvalue weighted by molar-refractivity contribution is -0.131. The van der Waals surface area contributed by atoms with Crippen molar-refractivity contribution in [3.8, 4) is 0 Å². The molecule has 0 saturated carbocycles. The highest BCUT2D eigenvalue weighted by Gasteiger charge is 2.35. The van der Waals surface area contributed by atoms with Crippen molar-refractivity contribution in [3.05, 3.63) is 35.4 Å². The second-order valence-electron chi connectivity index (χ2n) is 5.03. The van der Waals surface area contributed by atoms with E-state index < -0.39 is 0 Å². The largest absolute Gasteiger partial charge is 0.334 e. The Morgan fingerprint density at radius 1 is 1.24 bits per heavy atom. The minimum Gasteiger partial charge on any atom is -0.334 e. The number of aryl methyl sites for hydroxylation is 1. The average molecular weight is 230 g/mol. The highest BCUT2D eigenvalue weighted by Crippen LogP contribution is 2.36. The quantitative estimate of drug-likeness (QED) is 0.797. The Balaban J connectivity index is 1.93. The molecular formula is C14H18N2O. The van der Waals surface area contributed by atoms with Gasteiger partial charge in [0.2, 0.25) is 5.91 Å². The lowest BCUT2D eigenvalue weighted by Gasteiger charge is -2.33. The van der Waals surface area contributed by atoms with E-state index in [4.69, 9.17) is 5.73 Å². The third-order valence-electron chi connectivity index (χ3n) is 4.00. The molecule has 1 aliphatic carbocycles. The van der Waals surface area contributed by atoms with Crippen molar-refractivity contribution in [2.75, 3.05) is 6.54 Å². The molecule has 1 aromatic rings. The van der Waals surface area contributed by atoms with Gasteiger partial charge in [0.15, 0.2) is 0 Å². The number of likely N-dealkylation sites (tertiary alicyclic amines) is 1. The molecule has 1 aliphatic heterocycles. The first-order chi connectivity index (χ1) is 8.27. The fraction of sp³-hybridized carbons (Fsp3) is 0.500. The van der Waals surface area contributed by atoms with Crippen LogP contribution in [0.4, 0.5) is 0 Å². The van der Waals surface area contributed by atoms with E-state index in [1.807, 2.05) is 4.90 Å². The van der Waals surface area contributed by atoms with Gasteiger partial charge in [0.05, 0.1) is 12.1 Å². The summed E-state index contributed by atoms with van der Waals surface area (Å²) in [5.74, 6) is 0.131. The minimum atomic E-state index is -0.274. The summed E-state index contributed by atoms with van der Waals surface area (Å²) >= 11 is 0. The molecule has 0 spiro atoms. The molecule has 3 heteroatoms. The Hall–Kier alpha value is -1.35. The van der Waals surface area contributed by atoms with Crippen molar-refractivity contribution in [2.24, 2.45) is 5.73 Å². The van der Waals surface area contributed by atoms with Crippen LogP contribution >= 0.6 is 0 Å². The van der Waals surface area contributed by atoms with Gasteiger partial charge in [-0.2, -0.15) is 0 Å². The molecule has 2 aliphatic rings. The fourth-order valence-corrected chi connectivity index (χ4v) is 3.09. The standard InChI is InChI=1S/C14H18N2O/c15-12-8-9-16(14(12)17)13-7-3-5-10-4-1-2-6-11(10)13/h1-2,4,6,12-13H,3,5,7-9,15H2. The number of rotatable bonds is 1. The number of fused-ring (bicyclic) bond motifs is 1. The highest BCUT2D eigenvalue weighted by atomic mass is 16.2. The average Bonchev–Trinajstić information content (AvgIpc) is 2.69. The molecule has 1 aromatic carbocycles. The molecule has 17 heavy (non-hydrogen) atoms. The number of hydrogen-bond donors (Lipinski definition) is 1. The van der Waals surface area contributed by atoms with Crippen molar-refractivity contribution < 1.29 is 4.79 Å². The summed E-state index contributed by atoms with van der Waals surface area (Å²) in [6, 6.07) is 8.49. The van der Waals surface area contributed by atoms with Gasteiger partial charge in [-0.3, -0.25) is 4.79 Å². The molecule has 90 valence electrons. The van der Waals surface area contributed by atoms with Gasteiger partial charge in [-0.05, 0) is 36.8 Å². The van der Waals surface area contributed by atoms with Gasteiger partial charge in [0.1, 0.15) is 0 Å². The van der Waals surface area contributed by atoms with E-state index in [1.165, 1.54) is 17.5 Å². The molecule has 0 bridgehead atoms. The number of nitrogens with zero attached hydrogens (tertiary/aromatic N) is 1. The number of carbonyl (C=O) groups excluding carboxylic acids is 1. The van der Waals surface area contributed by atoms with Crippen LogP contribution < -0.4 is 5.73 Å². The third kappa shape index (κ3) is 1.75. The normalized spacial score (nSPS) is 28.3. The fourth-order valence-electron chi connectivity index (χ4n) is 3.09. The zero-order valence-electron chi connectivity index (χ0n) is 9.93. The molecule has 2 unspecified atom stereocenters. The molecule has 0 radical (unpaired) electrons. The van der Waals surface area contributed by atoms with E-state index in [2.05, 4.69) is 24.3 Å². The molecule has 1 amide bonds. The number of nitrogens with two attached hydrogens (primary N) is 1. The van der Waals surface area contributed by atoms with Crippen molar-refractivity contribution in [1.82, 2.24) is 4.90 Å². The van der Waals surface area contributed by atoms with Gasteiger partial charge in [0.25, 0.3) is 0 Å². The van der Waals surface area contributed by atoms with Crippen LogP contribution in [-0.4, -0.2) is 23.4 Å². The van der Waals surface area contributed by atoms with Crippen LogP contribution in [0.25, 0.3) is 0 Å². The van der Waals surface area contributed by atoms with Crippen LogP contribution in [0.5, 0.6) is 0 Å². The molecule has 1 heterocycles.